The van der Waals surface area contributed by atoms with Gasteiger partial charge in [0.2, 0.25) is 5.91 Å². The molecule has 8 heteroatoms. The summed E-state index contributed by atoms with van der Waals surface area (Å²) in [5.74, 6) is -0.460. The highest BCUT2D eigenvalue weighted by atomic mass is 32.2. The smallest absolute Gasteiger partial charge is 0.250 e. The first-order valence-corrected chi connectivity index (χ1v) is 9.32. The fraction of sp³-hybridized carbons (Fsp3) is 0.105. The van der Waals surface area contributed by atoms with Gasteiger partial charge in [0, 0.05) is 12.3 Å². The van der Waals surface area contributed by atoms with E-state index in [2.05, 4.69) is 4.98 Å². The molecule has 2 aromatic heterocycles. The Morgan fingerprint density at radius 1 is 1.11 bits per heavy atom. The molecule has 0 aliphatic heterocycles. The van der Waals surface area contributed by atoms with Gasteiger partial charge in [-0.15, -0.1) is 0 Å². The Bertz CT molecular complexity index is 1030. The van der Waals surface area contributed by atoms with Crippen molar-refractivity contribution in [3.05, 3.63) is 78.2 Å². The van der Waals surface area contributed by atoms with Gasteiger partial charge in [0.15, 0.2) is 12.4 Å². The number of hydrogen-bond donors (Lipinski definition) is 1. The molecule has 0 aliphatic rings. The summed E-state index contributed by atoms with van der Waals surface area (Å²) < 4.78 is 33.1. The van der Waals surface area contributed by atoms with Crippen molar-refractivity contribution in [3.63, 3.8) is 0 Å². The van der Waals surface area contributed by atoms with Crippen molar-refractivity contribution < 1.29 is 22.3 Å². The molecule has 0 saturated carbocycles. The number of pyridine rings is 2. The van der Waals surface area contributed by atoms with E-state index >= 15 is 0 Å². The van der Waals surface area contributed by atoms with Gasteiger partial charge in [0.1, 0.15) is 17.2 Å². The Morgan fingerprint density at radius 2 is 1.78 bits per heavy atom. The van der Waals surface area contributed by atoms with Crippen molar-refractivity contribution in [2.75, 3.05) is 0 Å². The van der Waals surface area contributed by atoms with Crippen molar-refractivity contribution in [2.24, 2.45) is 12.8 Å². The summed E-state index contributed by atoms with van der Waals surface area (Å²) in [5.41, 5.74) is 8.31. The molecule has 0 radical (unpaired) electrons. The normalized spacial score (nSPS) is 10.6. The molecule has 0 atom stereocenters. The third-order valence-corrected chi connectivity index (χ3v) is 4.44. The Balaban J connectivity index is 0.000000208. The summed E-state index contributed by atoms with van der Waals surface area (Å²) in [4.78, 5) is 14.9. The lowest BCUT2D eigenvalue weighted by Gasteiger charge is -2.05. The number of primary amides is 1. The maximum Gasteiger partial charge on any atom is 0.250 e. The van der Waals surface area contributed by atoms with Gasteiger partial charge in [-0.25, -0.2) is 13.0 Å². The third kappa shape index (κ3) is 5.98. The molecule has 27 heavy (non-hydrogen) atoms. The quantitative estimate of drug-likeness (QED) is 0.542. The van der Waals surface area contributed by atoms with Crippen LogP contribution in [-0.4, -0.2) is 23.9 Å². The Morgan fingerprint density at radius 3 is 2.26 bits per heavy atom. The zero-order valence-corrected chi connectivity index (χ0v) is 15.7. The fourth-order valence-corrected chi connectivity index (χ4v) is 2.62. The first kappa shape index (κ1) is 20.2. The van der Waals surface area contributed by atoms with E-state index in [-0.39, 0.29) is 4.90 Å². The fourth-order valence-electron chi connectivity index (χ4n) is 2.15. The van der Waals surface area contributed by atoms with Crippen LogP contribution >= 0.6 is 0 Å². The molecule has 3 aromatic rings. The SMILES string of the molecule is C[n+]1cccc(-c2ccc(C(N)=O)cn2)c1.Cc1ccc(S(=O)(=O)[O-])cc1. The molecule has 140 valence electrons. The van der Waals surface area contributed by atoms with Gasteiger partial charge in [0.05, 0.1) is 21.7 Å². The van der Waals surface area contributed by atoms with Gasteiger partial charge in [-0.3, -0.25) is 9.78 Å². The number of benzene rings is 1. The third-order valence-electron chi connectivity index (χ3n) is 3.59. The van der Waals surface area contributed by atoms with Crippen LogP contribution < -0.4 is 10.3 Å². The number of nitrogens with two attached hydrogens (primary N) is 1. The zero-order valence-electron chi connectivity index (χ0n) is 14.9. The van der Waals surface area contributed by atoms with Gasteiger partial charge in [-0.1, -0.05) is 17.7 Å². The molecule has 0 spiro atoms. The van der Waals surface area contributed by atoms with Gasteiger partial charge in [-0.05, 0) is 37.3 Å². The lowest BCUT2D eigenvalue weighted by molar-refractivity contribution is -0.671. The van der Waals surface area contributed by atoms with Crippen LogP contribution in [0.4, 0.5) is 0 Å². The molecule has 1 amide bonds. The number of aromatic nitrogens is 2. The highest BCUT2D eigenvalue weighted by molar-refractivity contribution is 7.85. The van der Waals surface area contributed by atoms with E-state index in [0.29, 0.717) is 5.56 Å². The second-order valence-corrected chi connectivity index (χ2v) is 7.20. The maximum atomic E-state index is 10.9. The van der Waals surface area contributed by atoms with Crippen LogP contribution in [0, 0.1) is 6.92 Å². The van der Waals surface area contributed by atoms with E-state index in [4.69, 9.17) is 5.73 Å². The first-order valence-electron chi connectivity index (χ1n) is 7.91. The minimum absolute atomic E-state index is 0.178. The monoisotopic (exact) mass is 385 g/mol. The van der Waals surface area contributed by atoms with Crippen LogP contribution in [0.5, 0.6) is 0 Å². The molecule has 0 unspecified atom stereocenters. The van der Waals surface area contributed by atoms with Crippen molar-refractivity contribution in [1.82, 2.24) is 4.98 Å². The molecular formula is C19H19N3O4S. The van der Waals surface area contributed by atoms with E-state index in [1.165, 1.54) is 18.3 Å². The van der Waals surface area contributed by atoms with Crippen molar-refractivity contribution in [1.29, 1.82) is 0 Å². The molecular weight excluding hydrogens is 366 g/mol. The average Bonchev–Trinajstić information content (AvgIpc) is 2.62. The molecule has 0 fully saturated rings. The van der Waals surface area contributed by atoms with Gasteiger partial charge in [0.25, 0.3) is 0 Å². The molecule has 0 saturated heterocycles. The molecule has 7 nitrogen and oxygen atoms in total. The van der Waals surface area contributed by atoms with E-state index in [0.717, 1.165) is 16.8 Å². The van der Waals surface area contributed by atoms with Crippen molar-refractivity contribution in [2.45, 2.75) is 11.8 Å². The number of amides is 1. The van der Waals surface area contributed by atoms with E-state index < -0.39 is 16.0 Å². The summed E-state index contributed by atoms with van der Waals surface area (Å²) in [5, 5.41) is 0. The predicted octanol–water partition coefficient (Wildman–Crippen LogP) is 1.57. The second-order valence-electron chi connectivity index (χ2n) is 5.82. The summed E-state index contributed by atoms with van der Waals surface area (Å²) in [7, 11) is -2.32. The van der Waals surface area contributed by atoms with Gasteiger partial charge < -0.3 is 10.3 Å². The lowest BCUT2D eigenvalue weighted by atomic mass is 10.1. The maximum absolute atomic E-state index is 10.9. The summed E-state index contributed by atoms with van der Waals surface area (Å²) in [6, 6.07) is 13.2. The number of rotatable bonds is 3. The molecule has 2 heterocycles. The number of hydrogen-bond acceptors (Lipinski definition) is 5. The first-order chi connectivity index (χ1) is 12.7. The number of carbonyl (C=O) groups excluding carboxylic acids is 1. The van der Waals surface area contributed by atoms with Crippen LogP contribution in [0.15, 0.2) is 72.0 Å². The lowest BCUT2D eigenvalue weighted by Crippen LogP contribution is -2.26. The Labute approximate surface area is 157 Å². The van der Waals surface area contributed by atoms with Gasteiger partial charge in [-0.2, -0.15) is 0 Å². The van der Waals surface area contributed by atoms with Crippen LogP contribution in [0.1, 0.15) is 15.9 Å². The topological polar surface area (TPSA) is 117 Å². The number of aryl methyl sites for hydroxylation is 2. The number of nitrogens with zero attached hydrogens (tertiary/aromatic N) is 2. The van der Waals surface area contributed by atoms with Crippen LogP contribution in [0.25, 0.3) is 11.3 Å². The van der Waals surface area contributed by atoms with Crippen molar-refractivity contribution >= 4 is 16.0 Å². The van der Waals surface area contributed by atoms with Crippen LogP contribution in [0.3, 0.4) is 0 Å². The minimum Gasteiger partial charge on any atom is -0.744 e. The summed E-state index contributed by atoms with van der Waals surface area (Å²) >= 11 is 0. The molecule has 3 rings (SSSR count). The van der Waals surface area contributed by atoms with E-state index in [1.807, 2.05) is 43.1 Å². The molecule has 2 N–H and O–H groups in total. The zero-order chi connectivity index (χ0) is 20.0. The highest BCUT2D eigenvalue weighted by Crippen LogP contribution is 2.14. The summed E-state index contributed by atoms with van der Waals surface area (Å²) in [6.07, 6.45) is 5.40. The average molecular weight is 385 g/mol. The Kier molecular flexibility index (Phi) is 6.38. The van der Waals surface area contributed by atoms with E-state index in [9.17, 15) is 17.8 Å². The molecule has 0 aliphatic carbocycles. The predicted molar refractivity (Wildman–Crippen MR) is 98.5 cm³/mol. The molecule has 1 aromatic carbocycles. The van der Waals surface area contributed by atoms with E-state index in [1.54, 1.807) is 24.3 Å². The molecule has 0 bridgehead atoms. The van der Waals surface area contributed by atoms with Crippen molar-refractivity contribution in [3.8, 4) is 11.3 Å². The van der Waals surface area contributed by atoms with Crippen LogP contribution in [0.2, 0.25) is 0 Å². The van der Waals surface area contributed by atoms with Gasteiger partial charge >= 0.3 is 0 Å². The number of carbonyl (C=O) groups is 1. The second kappa shape index (κ2) is 8.52. The highest BCUT2D eigenvalue weighted by Gasteiger charge is 2.05. The minimum atomic E-state index is -4.27. The Hall–Kier alpha value is -3.10. The largest absolute Gasteiger partial charge is 0.744 e. The standard InChI is InChI=1S/C12H11N3O.C7H8O3S/c1-15-6-2-3-10(8-15)11-5-4-9(7-14-11)12(13)16;1-6-2-4-7(5-3-6)11(8,9)10/h2-8H,1H3,(H-,13,16);2-5H,1H3,(H,8,9,10). The summed E-state index contributed by atoms with van der Waals surface area (Å²) in [6.45, 7) is 1.82. The van der Waals surface area contributed by atoms with Crippen LogP contribution in [-0.2, 0) is 17.2 Å².